The number of rotatable bonds is 1. The van der Waals surface area contributed by atoms with Gasteiger partial charge in [-0.25, -0.2) is 0 Å². The van der Waals surface area contributed by atoms with Crippen LogP contribution in [0, 0.1) is 0 Å². The Bertz CT molecular complexity index is 335. The van der Waals surface area contributed by atoms with Crippen molar-refractivity contribution in [3.8, 4) is 0 Å². The summed E-state index contributed by atoms with van der Waals surface area (Å²) in [6.45, 7) is 0. The van der Waals surface area contributed by atoms with Gasteiger partial charge in [-0.1, -0.05) is 36.4 Å². The summed E-state index contributed by atoms with van der Waals surface area (Å²) in [5.41, 5.74) is 2.38. The summed E-state index contributed by atoms with van der Waals surface area (Å²) in [5, 5.41) is 0. The van der Waals surface area contributed by atoms with E-state index >= 15 is 0 Å². The monoisotopic (exact) mass is 172 g/mol. The van der Waals surface area contributed by atoms with Crippen LogP contribution in [-0.2, 0) is 4.79 Å². The molecule has 0 saturated carbocycles. The van der Waals surface area contributed by atoms with E-state index in [0.29, 0.717) is 12.2 Å². The summed E-state index contributed by atoms with van der Waals surface area (Å²) in [6, 6.07) is 10.1. The van der Waals surface area contributed by atoms with Crippen LogP contribution in [0.15, 0.2) is 36.4 Å². The Morgan fingerprint density at radius 1 is 1.08 bits per heavy atom. The van der Waals surface area contributed by atoms with Gasteiger partial charge in [-0.15, -0.1) is 0 Å². The van der Waals surface area contributed by atoms with E-state index in [4.69, 9.17) is 0 Å². The lowest BCUT2D eigenvalue weighted by atomic mass is 9.93. The third-order valence-electron chi connectivity index (χ3n) is 2.35. The third-order valence-corrected chi connectivity index (χ3v) is 2.35. The number of ketones is 1. The molecular formula is C12H12O. The zero-order valence-corrected chi connectivity index (χ0v) is 7.49. The molecule has 0 heterocycles. The minimum Gasteiger partial charge on any atom is -0.299 e. The number of Topliss-reactive ketones (excluding diaryl/α,β-unsaturated/α-hetero) is 1. The highest BCUT2D eigenvalue weighted by molar-refractivity contribution is 5.92. The molecule has 0 amide bonds. The SMILES string of the molecule is O=C1CCC=C(c2ccccc2)C1. The van der Waals surface area contributed by atoms with Gasteiger partial charge in [-0.2, -0.15) is 0 Å². The standard InChI is InChI=1S/C12H12O/c13-12-8-4-7-11(9-12)10-5-2-1-3-6-10/h1-3,5-7H,4,8-9H2. The molecule has 1 aliphatic carbocycles. The Morgan fingerprint density at radius 2 is 1.85 bits per heavy atom. The minimum absolute atomic E-state index is 0.362. The molecule has 0 radical (unpaired) electrons. The summed E-state index contributed by atoms with van der Waals surface area (Å²) >= 11 is 0. The molecule has 2 rings (SSSR count). The van der Waals surface area contributed by atoms with Crippen LogP contribution in [0.4, 0.5) is 0 Å². The molecule has 1 nitrogen and oxygen atoms in total. The van der Waals surface area contributed by atoms with Crippen molar-refractivity contribution in [1.82, 2.24) is 0 Å². The van der Waals surface area contributed by atoms with Crippen LogP contribution in [0.2, 0.25) is 0 Å². The van der Waals surface area contributed by atoms with E-state index < -0.39 is 0 Å². The van der Waals surface area contributed by atoms with Gasteiger partial charge in [-0.05, 0) is 17.6 Å². The van der Waals surface area contributed by atoms with Crippen molar-refractivity contribution in [1.29, 1.82) is 0 Å². The van der Waals surface area contributed by atoms with Crippen LogP contribution in [0.5, 0.6) is 0 Å². The predicted octanol–water partition coefficient (Wildman–Crippen LogP) is 2.82. The molecule has 0 spiro atoms. The average molecular weight is 172 g/mol. The molecule has 0 aliphatic heterocycles. The van der Waals surface area contributed by atoms with E-state index in [1.165, 1.54) is 11.1 Å². The van der Waals surface area contributed by atoms with Gasteiger partial charge in [0, 0.05) is 12.8 Å². The Kier molecular flexibility index (Phi) is 2.26. The van der Waals surface area contributed by atoms with Crippen molar-refractivity contribution < 1.29 is 4.79 Å². The second-order valence-electron chi connectivity index (χ2n) is 3.35. The molecule has 0 bridgehead atoms. The van der Waals surface area contributed by atoms with Crippen molar-refractivity contribution >= 4 is 11.4 Å². The molecule has 0 atom stereocenters. The van der Waals surface area contributed by atoms with Gasteiger partial charge in [0.15, 0.2) is 0 Å². The van der Waals surface area contributed by atoms with E-state index in [1.54, 1.807) is 0 Å². The number of benzene rings is 1. The molecule has 0 aromatic heterocycles. The zero-order valence-electron chi connectivity index (χ0n) is 7.49. The Balaban J connectivity index is 2.27. The number of carbonyl (C=O) groups is 1. The molecule has 1 aromatic rings. The molecule has 0 N–H and O–H groups in total. The predicted molar refractivity (Wildman–Crippen MR) is 53.3 cm³/mol. The Morgan fingerprint density at radius 3 is 2.54 bits per heavy atom. The maximum Gasteiger partial charge on any atom is 0.137 e. The maximum atomic E-state index is 11.2. The average Bonchev–Trinajstić information content (AvgIpc) is 2.19. The van der Waals surface area contributed by atoms with Crippen molar-refractivity contribution in [2.45, 2.75) is 19.3 Å². The first-order valence-electron chi connectivity index (χ1n) is 4.62. The first kappa shape index (κ1) is 8.24. The van der Waals surface area contributed by atoms with E-state index in [2.05, 4.69) is 18.2 Å². The van der Waals surface area contributed by atoms with Gasteiger partial charge in [-0.3, -0.25) is 4.79 Å². The highest BCUT2D eigenvalue weighted by Crippen LogP contribution is 2.24. The second kappa shape index (κ2) is 3.56. The second-order valence-corrected chi connectivity index (χ2v) is 3.35. The molecular weight excluding hydrogens is 160 g/mol. The van der Waals surface area contributed by atoms with Gasteiger partial charge in [0.2, 0.25) is 0 Å². The minimum atomic E-state index is 0.362. The first-order chi connectivity index (χ1) is 6.36. The molecule has 0 fully saturated rings. The van der Waals surface area contributed by atoms with Gasteiger partial charge in [0.25, 0.3) is 0 Å². The van der Waals surface area contributed by atoms with Gasteiger partial charge in [0.1, 0.15) is 5.78 Å². The van der Waals surface area contributed by atoms with Gasteiger partial charge >= 0.3 is 0 Å². The fraction of sp³-hybridized carbons (Fsp3) is 0.250. The fourth-order valence-electron chi connectivity index (χ4n) is 1.65. The van der Waals surface area contributed by atoms with Crippen molar-refractivity contribution in [2.75, 3.05) is 0 Å². The summed E-state index contributed by atoms with van der Waals surface area (Å²) in [6.07, 6.45) is 4.42. The summed E-state index contributed by atoms with van der Waals surface area (Å²) < 4.78 is 0. The molecule has 1 heteroatoms. The lowest BCUT2D eigenvalue weighted by Crippen LogP contribution is -2.03. The number of hydrogen-bond acceptors (Lipinski definition) is 1. The van der Waals surface area contributed by atoms with E-state index in [9.17, 15) is 4.79 Å². The van der Waals surface area contributed by atoms with Crippen LogP contribution in [-0.4, -0.2) is 5.78 Å². The van der Waals surface area contributed by atoms with E-state index in [0.717, 1.165) is 12.8 Å². The van der Waals surface area contributed by atoms with E-state index in [1.807, 2.05) is 18.2 Å². The fourth-order valence-corrected chi connectivity index (χ4v) is 1.65. The third kappa shape index (κ3) is 1.86. The lowest BCUT2D eigenvalue weighted by Gasteiger charge is -2.11. The summed E-state index contributed by atoms with van der Waals surface area (Å²) in [5.74, 6) is 0.362. The van der Waals surface area contributed by atoms with Crippen molar-refractivity contribution in [2.24, 2.45) is 0 Å². The molecule has 0 unspecified atom stereocenters. The first-order valence-corrected chi connectivity index (χ1v) is 4.62. The highest BCUT2D eigenvalue weighted by atomic mass is 16.1. The quantitative estimate of drug-likeness (QED) is 0.636. The summed E-state index contributed by atoms with van der Waals surface area (Å²) in [7, 11) is 0. The normalized spacial score (nSPS) is 16.9. The Hall–Kier alpha value is -1.37. The maximum absolute atomic E-state index is 11.2. The van der Waals surface area contributed by atoms with Crippen LogP contribution in [0.25, 0.3) is 5.57 Å². The van der Waals surface area contributed by atoms with E-state index in [-0.39, 0.29) is 0 Å². The van der Waals surface area contributed by atoms with Crippen LogP contribution < -0.4 is 0 Å². The number of carbonyl (C=O) groups excluding carboxylic acids is 1. The Labute approximate surface area is 78.1 Å². The van der Waals surface area contributed by atoms with Gasteiger partial charge in [0.05, 0.1) is 0 Å². The highest BCUT2D eigenvalue weighted by Gasteiger charge is 2.11. The molecule has 66 valence electrons. The van der Waals surface area contributed by atoms with Gasteiger partial charge < -0.3 is 0 Å². The van der Waals surface area contributed by atoms with Crippen LogP contribution >= 0.6 is 0 Å². The largest absolute Gasteiger partial charge is 0.299 e. The van der Waals surface area contributed by atoms with Crippen molar-refractivity contribution in [3.05, 3.63) is 42.0 Å². The molecule has 0 saturated heterocycles. The van der Waals surface area contributed by atoms with Crippen LogP contribution in [0.1, 0.15) is 24.8 Å². The van der Waals surface area contributed by atoms with Crippen molar-refractivity contribution in [3.63, 3.8) is 0 Å². The molecule has 13 heavy (non-hydrogen) atoms. The zero-order chi connectivity index (χ0) is 9.10. The lowest BCUT2D eigenvalue weighted by molar-refractivity contribution is -0.118. The molecule has 1 aromatic carbocycles. The number of allylic oxidation sites excluding steroid dienone is 2. The topological polar surface area (TPSA) is 17.1 Å². The van der Waals surface area contributed by atoms with Crippen LogP contribution in [0.3, 0.4) is 0 Å². The smallest absolute Gasteiger partial charge is 0.137 e. The summed E-state index contributed by atoms with van der Waals surface area (Å²) in [4.78, 5) is 11.2. The molecule has 1 aliphatic rings. The number of hydrogen-bond donors (Lipinski definition) is 0.